The number of carboxylic acid groups (broad SMARTS) is 1. The molecule has 0 radical (unpaired) electrons. The molecule has 1 atom stereocenters. The van der Waals surface area contributed by atoms with Crippen LogP contribution in [0.1, 0.15) is 65.7 Å². The van der Waals surface area contributed by atoms with Crippen LogP contribution in [0.5, 0.6) is 0 Å². The van der Waals surface area contributed by atoms with Crippen molar-refractivity contribution in [3.05, 3.63) is 0 Å². The molecule has 2 N–H and O–H groups in total. The highest BCUT2D eigenvalue weighted by atomic mass is 16.5. The van der Waals surface area contributed by atoms with Crippen LogP contribution in [0, 0.1) is 5.92 Å². The zero-order valence-electron chi connectivity index (χ0n) is 13.5. The summed E-state index contributed by atoms with van der Waals surface area (Å²) in [4.78, 5) is 23.4. The van der Waals surface area contributed by atoms with E-state index < -0.39 is 11.5 Å². The van der Waals surface area contributed by atoms with Gasteiger partial charge in [-0.25, -0.2) is 4.79 Å². The number of aliphatic carboxylic acids is 1. The molecular weight excluding hydrogens is 270 g/mol. The smallest absolute Gasteiger partial charge is 0.329 e. The zero-order chi connectivity index (χ0) is 15.9. The molecule has 1 aliphatic rings. The number of hydrogen-bond donors (Lipinski definition) is 2. The molecule has 0 aliphatic heterocycles. The van der Waals surface area contributed by atoms with Crippen molar-refractivity contribution in [3.63, 3.8) is 0 Å². The fourth-order valence-corrected chi connectivity index (χ4v) is 2.96. The predicted molar refractivity (Wildman–Crippen MR) is 81.1 cm³/mol. The molecule has 1 rings (SSSR count). The third kappa shape index (κ3) is 6.04. The maximum Gasteiger partial charge on any atom is 0.329 e. The summed E-state index contributed by atoms with van der Waals surface area (Å²) in [5, 5.41) is 12.1. The van der Waals surface area contributed by atoms with E-state index in [4.69, 9.17) is 4.74 Å². The van der Waals surface area contributed by atoms with Crippen LogP contribution < -0.4 is 5.32 Å². The number of carboxylic acids is 1. The lowest BCUT2D eigenvalue weighted by molar-refractivity contribution is -0.149. The van der Waals surface area contributed by atoms with Gasteiger partial charge in [-0.1, -0.05) is 33.1 Å². The summed E-state index contributed by atoms with van der Waals surface area (Å²) < 4.78 is 5.60. The van der Waals surface area contributed by atoms with Gasteiger partial charge in [-0.15, -0.1) is 0 Å². The van der Waals surface area contributed by atoms with E-state index in [1.54, 1.807) is 0 Å². The maximum atomic E-state index is 12.0. The molecule has 0 spiro atoms. The second-order valence-electron chi connectivity index (χ2n) is 6.56. The highest BCUT2D eigenvalue weighted by Gasteiger charge is 2.40. The topological polar surface area (TPSA) is 75.6 Å². The van der Waals surface area contributed by atoms with Gasteiger partial charge < -0.3 is 15.2 Å². The standard InChI is InChI=1S/C16H29NO4/c1-12(2)11-13(3)21-10-7-14(18)17-16(15(19)20)8-5-4-6-9-16/h12-13H,4-11H2,1-3H3,(H,17,18)(H,19,20). The van der Waals surface area contributed by atoms with Gasteiger partial charge in [-0.05, 0) is 32.1 Å². The Morgan fingerprint density at radius 3 is 2.33 bits per heavy atom. The van der Waals surface area contributed by atoms with Crippen LogP contribution in [0.25, 0.3) is 0 Å². The van der Waals surface area contributed by atoms with Crippen LogP contribution in [0.15, 0.2) is 0 Å². The monoisotopic (exact) mass is 299 g/mol. The van der Waals surface area contributed by atoms with Gasteiger partial charge >= 0.3 is 5.97 Å². The molecule has 0 heterocycles. The summed E-state index contributed by atoms with van der Waals surface area (Å²) in [7, 11) is 0. The minimum Gasteiger partial charge on any atom is -0.480 e. The van der Waals surface area contributed by atoms with Crippen molar-refractivity contribution in [2.45, 2.75) is 77.4 Å². The largest absolute Gasteiger partial charge is 0.480 e. The van der Waals surface area contributed by atoms with Crippen molar-refractivity contribution in [2.24, 2.45) is 5.92 Å². The molecule has 1 unspecified atom stereocenters. The Labute approximate surface area is 127 Å². The summed E-state index contributed by atoms with van der Waals surface area (Å²) in [5.74, 6) is -0.577. The lowest BCUT2D eigenvalue weighted by Crippen LogP contribution is -2.55. The first-order valence-corrected chi connectivity index (χ1v) is 8.02. The first-order chi connectivity index (χ1) is 9.85. The molecule has 1 saturated carbocycles. The van der Waals surface area contributed by atoms with Crippen molar-refractivity contribution in [1.29, 1.82) is 0 Å². The van der Waals surface area contributed by atoms with Gasteiger partial charge in [0.2, 0.25) is 5.91 Å². The fraction of sp³-hybridized carbons (Fsp3) is 0.875. The lowest BCUT2D eigenvalue weighted by Gasteiger charge is -2.34. The van der Waals surface area contributed by atoms with Gasteiger partial charge in [0.15, 0.2) is 0 Å². The average molecular weight is 299 g/mol. The normalized spacial score (nSPS) is 19.2. The summed E-state index contributed by atoms with van der Waals surface area (Å²) in [5.41, 5.74) is -1.06. The van der Waals surface area contributed by atoms with Crippen LogP contribution >= 0.6 is 0 Å². The molecule has 0 saturated heterocycles. The number of ether oxygens (including phenoxy) is 1. The number of nitrogens with one attached hydrogen (secondary N) is 1. The highest BCUT2D eigenvalue weighted by Crippen LogP contribution is 2.28. The van der Waals surface area contributed by atoms with Gasteiger partial charge in [0.05, 0.1) is 12.7 Å². The molecule has 1 aliphatic carbocycles. The first-order valence-electron chi connectivity index (χ1n) is 8.02. The second kappa shape index (κ2) is 8.37. The van der Waals surface area contributed by atoms with Crippen molar-refractivity contribution < 1.29 is 19.4 Å². The van der Waals surface area contributed by atoms with E-state index in [0.29, 0.717) is 25.4 Å². The Balaban J connectivity index is 2.36. The molecule has 5 heteroatoms. The Hall–Kier alpha value is -1.10. The average Bonchev–Trinajstić information content (AvgIpc) is 2.38. The third-order valence-corrected chi connectivity index (χ3v) is 4.03. The van der Waals surface area contributed by atoms with Crippen LogP contribution in [0.4, 0.5) is 0 Å². The Morgan fingerprint density at radius 2 is 1.81 bits per heavy atom. The quantitative estimate of drug-likeness (QED) is 0.722. The summed E-state index contributed by atoms with van der Waals surface area (Å²) in [6, 6.07) is 0. The van der Waals surface area contributed by atoms with Crippen molar-refractivity contribution >= 4 is 11.9 Å². The van der Waals surface area contributed by atoms with Gasteiger partial charge in [0.1, 0.15) is 5.54 Å². The molecule has 5 nitrogen and oxygen atoms in total. The fourth-order valence-electron chi connectivity index (χ4n) is 2.96. The lowest BCUT2D eigenvalue weighted by atomic mass is 9.81. The Bertz CT molecular complexity index is 348. The molecule has 1 fully saturated rings. The van der Waals surface area contributed by atoms with Gasteiger partial charge in [-0.3, -0.25) is 4.79 Å². The van der Waals surface area contributed by atoms with Gasteiger partial charge in [0, 0.05) is 6.42 Å². The molecule has 0 bridgehead atoms. The van der Waals surface area contributed by atoms with E-state index in [2.05, 4.69) is 19.2 Å². The first kappa shape index (κ1) is 18.0. The summed E-state index contributed by atoms with van der Waals surface area (Å²) in [6.07, 6.45) is 5.11. The Morgan fingerprint density at radius 1 is 1.19 bits per heavy atom. The number of amides is 1. The minimum atomic E-state index is -1.06. The second-order valence-corrected chi connectivity index (χ2v) is 6.56. The zero-order valence-corrected chi connectivity index (χ0v) is 13.5. The summed E-state index contributed by atoms with van der Waals surface area (Å²) >= 11 is 0. The maximum absolute atomic E-state index is 12.0. The predicted octanol–water partition coefficient (Wildman–Crippen LogP) is 2.73. The summed E-state index contributed by atoms with van der Waals surface area (Å²) in [6.45, 7) is 6.60. The number of carbonyl (C=O) groups excluding carboxylic acids is 1. The van der Waals surface area contributed by atoms with Gasteiger partial charge in [0.25, 0.3) is 0 Å². The van der Waals surface area contributed by atoms with Crippen molar-refractivity contribution in [2.75, 3.05) is 6.61 Å². The molecule has 0 aromatic heterocycles. The molecule has 0 aromatic carbocycles. The van der Waals surface area contributed by atoms with E-state index in [1.165, 1.54) is 0 Å². The van der Waals surface area contributed by atoms with E-state index in [0.717, 1.165) is 25.7 Å². The van der Waals surface area contributed by atoms with Crippen molar-refractivity contribution in [3.8, 4) is 0 Å². The minimum absolute atomic E-state index is 0.126. The van der Waals surface area contributed by atoms with Crippen LogP contribution in [0.3, 0.4) is 0 Å². The van der Waals surface area contributed by atoms with Gasteiger partial charge in [-0.2, -0.15) is 0 Å². The van der Waals surface area contributed by atoms with E-state index in [-0.39, 0.29) is 18.4 Å². The Kier molecular flexibility index (Phi) is 7.15. The van der Waals surface area contributed by atoms with Crippen LogP contribution in [0.2, 0.25) is 0 Å². The molecular formula is C16H29NO4. The molecule has 0 aromatic rings. The van der Waals surface area contributed by atoms with Crippen LogP contribution in [-0.4, -0.2) is 35.2 Å². The number of rotatable bonds is 8. The number of hydrogen-bond acceptors (Lipinski definition) is 3. The SMILES string of the molecule is CC(C)CC(C)OCCC(=O)NC1(C(=O)O)CCCCC1. The van der Waals surface area contributed by atoms with E-state index in [1.807, 2.05) is 6.92 Å². The molecule has 21 heavy (non-hydrogen) atoms. The highest BCUT2D eigenvalue weighted by molar-refractivity contribution is 5.87. The van der Waals surface area contributed by atoms with Crippen molar-refractivity contribution in [1.82, 2.24) is 5.32 Å². The molecule has 122 valence electrons. The van der Waals surface area contributed by atoms with E-state index >= 15 is 0 Å². The van der Waals surface area contributed by atoms with Crippen LogP contribution in [-0.2, 0) is 14.3 Å². The van der Waals surface area contributed by atoms with E-state index in [9.17, 15) is 14.7 Å². The molecule has 1 amide bonds. The number of carbonyl (C=O) groups is 2. The third-order valence-electron chi connectivity index (χ3n) is 4.03.